The van der Waals surface area contributed by atoms with Crippen LogP contribution in [-0.2, 0) is 11.4 Å². The Hall–Kier alpha value is -4.16. The van der Waals surface area contributed by atoms with Crippen molar-refractivity contribution >= 4 is 33.6 Å². The number of nitro groups is 1. The van der Waals surface area contributed by atoms with Crippen molar-refractivity contribution in [2.45, 2.75) is 26.5 Å². The molecule has 0 fully saturated rings. The number of nitro benzene ring substituents is 1. The van der Waals surface area contributed by atoms with Crippen LogP contribution in [-0.4, -0.2) is 17.4 Å². The Kier molecular flexibility index (Phi) is 9.19. The fourth-order valence-corrected chi connectivity index (χ4v) is 3.93. The van der Waals surface area contributed by atoms with Gasteiger partial charge in [-0.3, -0.25) is 14.9 Å². The van der Waals surface area contributed by atoms with Crippen LogP contribution in [0.15, 0.2) is 76.8 Å². The summed E-state index contributed by atoms with van der Waals surface area (Å²) >= 11 is 3.48. The number of hydrogen-bond donors (Lipinski definition) is 1. The van der Waals surface area contributed by atoms with Crippen LogP contribution in [0.25, 0.3) is 6.08 Å². The van der Waals surface area contributed by atoms with Crippen molar-refractivity contribution in [1.29, 1.82) is 5.26 Å². The molecule has 0 aliphatic carbocycles. The van der Waals surface area contributed by atoms with E-state index >= 15 is 0 Å². The molecule has 3 aromatic rings. The van der Waals surface area contributed by atoms with E-state index in [0.717, 1.165) is 11.1 Å². The monoisotopic (exact) mass is 549 g/mol. The molecule has 36 heavy (non-hydrogen) atoms. The number of hydrogen-bond acceptors (Lipinski definition) is 6. The van der Waals surface area contributed by atoms with E-state index in [-0.39, 0.29) is 23.9 Å². The SMILES string of the molecule is CCOc1cc(/C=C(/C#N)C(=O)N[C@H](C)c2ccccc2)cc(Br)c1OCc1ccc([N+](=O)[O-])cc1. The Labute approximate surface area is 217 Å². The first-order valence-corrected chi connectivity index (χ1v) is 11.9. The molecular weight excluding hydrogens is 526 g/mol. The van der Waals surface area contributed by atoms with E-state index in [1.54, 1.807) is 24.3 Å². The lowest BCUT2D eigenvalue weighted by atomic mass is 10.1. The quantitative estimate of drug-likeness (QED) is 0.141. The molecule has 0 unspecified atom stereocenters. The van der Waals surface area contributed by atoms with Crippen LogP contribution in [0, 0.1) is 21.4 Å². The van der Waals surface area contributed by atoms with E-state index in [1.807, 2.05) is 50.2 Å². The minimum absolute atomic E-state index is 0.00146. The van der Waals surface area contributed by atoms with Gasteiger partial charge in [0.05, 0.1) is 22.0 Å². The van der Waals surface area contributed by atoms with Gasteiger partial charge in [-0.15, -0.1) is 0 Å². The van der Waals surface area contributed by atoms with Crippen molar-refractivity contribution in [3.05, 3.63) is 104 Å². The molecule has 0 spiro atoms. The lowest BCUT2D eigenvalue weighted by Gasteiger charge is -2.15. The van der Waals surface area contributed by atoms with E-state index in [0.29, 0.717) is 28.1 Å². The second kappa shape index (κ2) is 12.5. The van der Waals surface area contributed by atoms with Crippen LogP contribution in [0.5, 0.6) is 11.5 Å². The molecule has 3 rings (SSSR count). The molecule has 0 aliphatic heterocycles. The molecule has 1 amide bonds. The number of carbonyl (C=O) groups excluding carboxylic acids is 1. The standard InChI is InChI=1S/C27H24BrN3O5/c1-3-35-25-15-20(13-22(16-29)27(32)30-18(2)21-7-5-4-6-8-21)14-24(28)26(25)36-17-19-9-11-23(12-10-19)31(33)34/h4-15,18H,3,17H2,1-2H3,(H,30,32)/b22-13-/t18-/m1/s1. The summed E-state index contributed by atoms with van der Waals surface area (Å²) in [5.74, 6) is 0.379. The summed E-state index contributed by atoms with van der Waals surface area (Å²) in [6, 6.07) is 20.7. The lowest BCUT2D eigenvalue weighted by molar-refractivity contribution is -0.384. The van der Waals surface area contributed by atoms with E-state index in [4.69, 9.17) is 9.47 Å². The van der Waals surface area contributed by atoms with Gasteiger partial charge in [0.15, 0.2) is 11.5 Å². The summed E-state index contributed by atoms with van der Waals surface area (Å²) in [6.07, 6.45) is 1.49. The first kappa shape index (κ1) is 26.4. The molecule has 8 nitrogen and oxygen atoms in total. The number of nitrogens with one attached hydrogen (secondary N) is 1. The Balaban J connectivity index is 1.80. The molecule has 0 saturated heterocycles. The Morgan fingerprint density at radius 2 is 1.86 bits per heavy atom. The normalized spacial score (nSPS) is 11.8. The third-order valence-corrected chi connectivity index (χ3v) is 5.77. The topological polar surface area (TPSA) is 114 Å². The number of nitriles is 1. The van der Waals surface area contributed by atoms with Crippen molar-refractivity contribution in [2.24, 2.45) is 0 Å². The predicted molar refractivity (Wildman–Crippen MR) is 139 cm³/mol. The van der Waals surface area contributed by atoms with Crippen molar-refractivity contribution in [2.75, 3.05) is 6.61 Å². The average molecular weight is 550 g/mol. The first-order valence-electron chi connectivity index (χ1n) is 11.1. The number of carbonyl (C=O) groups is 1. The molecular formula is C27H24BrN3O5. The Morgan fingerprint density at radius 1 is 1.17 bits per heavy atom. The van der Waals surface area contributed by atoms with Gasteiger partial charge in [-0.05, 0) is 76.8 Å². The summed E-state index contributed by atoms with van der Waals surface area (Å²) in [4.78, 5) is 23.1. The minimum Gasteiger partial charge on any atom is -0.490 e. The maximum Gasteiger partial charge on any atom is 0.269 e. The van der Waals surface area contributed by atoms with Crippen molar-refractivity contribution in [3.63, 3.8) is 0 Å². The van der Waals surface area contributed by atoms with Crippen LogP contribution in [0.4, 0.5) is 5.69 Å². The van der Waals surface area contributed by atoms with Crippen molar-refractivity contribution in [3.8, 4) is 17.6 Å². The van der Waals surface area contributed by atoms with Gasteiger partial charge >= 0.3 is 0 Å². The molecule has 1 atom stereocenters. The second-order valence-corrected chi connectivity index (χ2v) is 8.61. The van der Waals surface area contributed by atoms with Crippen molar-refractivity contribution in [1.82, 2.24) is 5.32 Å². The predicted octanol–water partition coefficient (Wildman–Crippen LogP) is 6.12. The number of halogens is 1. The Morgan fingerprint density at radius 3 is 2.47 bits per heavy atom. The van der Waals surface area contributed by atoms with E-state index in [9.17, 15) is 20.2 Å². The van der Waals surface area contributed by atoms with Crippen LogP contribution >= 0.6 is 15.9 Å². The van der Waals surface area contributed by atoms with Gasteiger partial charge in [-0.1, -0.05) is 30.3 Å². The van der Waals surface area contributed by atoms with Gasteiger partial charge < -0.3 is 14.8 Å². The third-order valence-electron chi connectivity index (χ3n) is 5.19. The fraction of sp³-hybridized carbons (Fsp3) is 0.185. The highest BCUT2D eigenvalue weighted by Gasteiger charge is 2.16. The molecule has 0 heterocycles. The van der Waals surface area contributed by atoms with E-state index in [1.165, 1.54) is 18.2 Å². The number of ether oxygens (including phenoxy) is 2. The van der Waals surface area contributed by atoms with Gasteiger partial charge in [0.2, 0.25) is 0 Å². The maximum atomic E-state index is 12.7. The molecule has 0 aliphatic rings. The molecule has 0 aromatic heterocycles. The van der Waals surface area contributed by atoms with Gasteiger partial charge in [-0.25, -0.2) is 0 Å². The highest BCUT2D eigenvalue weighted by Crippen LogP contribution is 2.38. The molecule has 0 radical (unpaired) electrons. The number of benzene rings is 3. The molecule has 0 saturated carbocycles. The summed E-state index contributed by atoms with van der Waals surface area (Å²) in [6.45, 7) is 4.21. The molecule has 184 valence electrons. The number of rotatable bonds is 10. The van der Waals surface area contributed by atoms with Crippen LogP contribution < -0.4 is 14.8 Å². The zero-order chi connectivity index (χ0) is 26.1. The van der Waals surface area contributed by atoms with Gasteiger partial charge in [0.1, 0.15) is 18.2 Å². The zero-order valence-electron chi connectivity index (χ0n) is 19.7. The van der Waals surface area contributed by atoms with Crippen LogP contribution in [0.3, 0.4) is 0 Å². The van der Waals surface area contributed by atoms with Gasteiger partial charge in [-0.2, -0.15) is 5.26 Å². The number of nitrogens with zero attached hydrogens (tertiary/aromatic N) is 2. The van der Waals surface area contributed by atoms with Gasteiger partial charge in [0.25, 0.3) is 11.6 Å². The zero-order valence-corrected chi connectivity index (χ0v) is 21.3. The first-order chi connectivity index (χ1) is 17.3. The Bertz CT molecular complexity index is 1300. The summed E-state index contributed by atoms with van der Waals surface area (Å²) in [5, 5.41) is 23.3. The average Bonchev–Trinajstić information content (AvgIpc) is 2.87. The lowest BCUT2D eigenvalue weighted by Crippen LogP contribution is -2.27. The van der Waals surface area contributed by atoms with E-state index < -0.39 is 10.8 Å². The third kappa shape index (κ3) is 6.93. The summed E-state index contributed by atoms with van der Waals surface area (Å²) in [7, 11) is 0. The fourth-order valence-electron chi connectivity index (χ4n) is 3.36. The largest absolute Gasteiger partial charge is 0.490 e. The molecule has 3 aromatic carbocycles. The summed E-state index contributed by atoms with van der Waals surface area (Å²) in [5.41, 5.74) is 2.20. The van der Waals surface area contributed by atoms with Crippen molar-refractivity contribution < 1.29 is 19.2 Å². The summed E-state index contributed by atoms with van der Waals surface area (Å²) < 4.78 is 12.2. The van der Waals surface area contributed by atoms with Crippen LogP contribution in [0.1, 0.15) is 36.6 Å². The molecule has 1 N–H and O–H groups in total. The van der Waals surface area contributed by atoms with Gasteiger partial charge in [0, 0.05) is 12.1 Å². The molecule has 0 bridgehead atoms. The highest BCUT2D eigenvalue weighted by molar-refractivity contribution is 9.10. The molecule has 9 heteroatoms. The number of non-ortho nitro benzene ring substituents is 1. The number of amides is 1. The minimum atomic E-state index is -0.485. The maximum absolute atomic E-state index is 12.7. The smallest absolute Gasteiger partial charge is 0.269 e. The van der Waals surface area contributed by atoms with Crippen LogP contribution in [0.2, 0.25) is 0 Å². The highest BCUT2D eigenvalue weighted by atomic mass is 79.9. The van der Waals surface area contributed by atoms with E-state index in [2.05, 4.69) is 21.2 Å². The second-order valence-electron chi connectivity index (χ2n) is 7.75.